The summed E-state index contributed by atoms with van der Waals surface area (Å²) in [4.78, 5) is 20.3. The summed E-state index contributed by atoms with van der Waals surface area (Å²) >= 11 is -1.60. The van der Waals surface area contributed by atoms with E-state index < -0.39 is 41.6 Å². The average Bonchev–Trinajstić information content (AvgIpc) is 3.11. The summed E-state index contributed by atoms with van der Waals surface area (Å²) in [6.07, 6.45) is 28.8. The Labute approximate surface area is 351 Å². The van der Waals surface area contributed by atoms with Crippen LogP contribution in [0, 0.1) is 6.92 Å². The van der Waals surface area contributed by atoms with Crippen LogP contribution in [0.25, 0.3) is 0 Å². The number of aliphatic carboxylic acids is 2. The number of aliphatic hydroxyl groups excluding tert-OH is 1. The molecular formula is C41H81O10SSnTi. The molecule has 13 heteroatoms. The summed E-state index contributed by atoms with van der Waals surface area (Å²) < 4.78 is 48.6. The van der Waals surface area contributed by atoms with Gasteiger partial charge in [-0.15, -0.1) is 0 Å². The molecule has 319 valence electrons. The predicted molar refractivity (Wildman–Crippen MR) is 221 cm³/mol. The van der Waals surface area contributed by atoms with Crippen molar-refractivity contribution >= 4 is 43.2 Å². The molecule has 0 aliphatic carbocycles. The molecule has 0 saturated heterocycles. The van der Waals surface area contributed by atoms with E-state index in [-0.39, 0.29) is 32.6 Å². The molecule has 0 atom stereocenters. The van der Waals surface area contributed by atoms with Crippen LogP contribution in [0.3, 0.4) is 0 Å². The van der Waals surface area contributed by atoms with Crippen LogP contribution in [-0.2, 0) is 42.5 Å². The normalized spacial score (nSPS) is 9.87. The summed E-state index contributed by atoms with van der Waals surface area (Å²) in [5.74, 6) is -1.32. The van der Waals surface area contributed by atoms with E-state index in [1.54, 1.807) is 27.9 Å². The number of carbonyl (C=O) groups is 2. The third kappa shape index (κ3) is 69.2. The second-order valence-electron chi connectivity index (χ2n) is 13.1. The number of rotatable bonds is 27. The Hall–Kier alpha value is -0.697. The van der Waals surface area contributed by atoms with Gasteiger partial charge in [0.1, 0.15) is 0 Å². The van der Waals surface area contributed by atoms with Gasteiger partial charge in [0.15, 0.2) is 0 Å². The van der Waals surface area contributed by atoms with Gasteiger partial charge in [0, 0.05) is 19.4 Å². The molecule has 2 radical (unpaired) electrons. The molecular weight excluding hydrogens is 851 g/mol. The summed E-state index contributed by atoms with van der Waals surface area (Å²) in [6.45, 7) is 12.8. The maximum absolute atomic E-state index is 10.5. The summed E-state index contributed by atoms with van der Waals surface area (Å²) in [5, 5.41) is 24.4. The van der Waals surface area contributed by atoms with Crippen LogP contribution in [0.4, 0.5) is 0 Å². The van der Waals surface area contributed by atoms with E-state index in [2.05, 4.69) is 27.7 Å². The third-order valence-corrected chi connectivity index (χ3v) is 12.6. The Morgan fingerprint density at radius 3 is 1.07 bits per heavy atom. The van der Waals surface area contributed by atoms with Crippen molar-refractivity contribution in [1.82, 2.24) is 0 Å². The molecule has 1 rings (SSSR count). The molecule has 1 aromatic carbocycles. The Bertz CT molecular complexity index is 958. The molecule has 0 bridgehead atoms. The SMILES string of the molecule is CCCCCCCCCCCC(=O)O.CCCCCCCCCCCC(=O)O.CCC[CH2][Sn][CH2]CCC.CCO.Cc1ccc(S(=O)(=O)O)cc1.[O]=[Ti][OH]. The number of benzene rings is 1. The van der Waals surface area contributed by atoms with Crippen LogP contribution in [0.5, 0.6) is 0 Å². The molecule has 0 aliphatic heterocycles. The molecule has 0 aliphatic rings. The van der Waals surface area contributed by atoms with Crippen molar-refractivity contribution in [3.63, 3.8) is 0 Å². The van der Waals surface area contributed by atoms with Crippen LogP contribution in [0.15, 0.2) is 29.2 Å². The number of aliphatic hydroxyl groups is 1. The second-order valence-corrected chi connectivity index (χ2v) is 19.1. The average molecular weight is 933 g/mol. The first-order valence-electron chi connectivity index (χ1n) is 20.6. The standard InChI is InChI=1S/2C12H24O2.C7H8O3S.2C4H9.C2H6O.H2O.O.Sn.Ti/c2*1-2-3-4-5-6-7-8-9-10-11-12(13)14;1-6-2-4-7(5-3-6)11(8,9)10;2*1-3-4-2;1-2-3;;;;/h2*2-11H2,1H3,(H,13,14);2-5H,1H3,(H,8,9,10);2*1,3-4H2,2H3;3H,2H2,1H3;1H2;;;/q;;;;;;;;;+1/p-1. The summed E-state index contributed by atoms with van der Waals surface area (Å²) in [6, 6.07) is 5.99. The minimum atomic E-state index is -4.02. The van der Waals surface area contributed by atoms with Gasteiger partial charge >= 0.3 is 108 Å². The van der Waals surface area contributed by atoms with Crippen LogP contribution in [-0.4, -0.2) is 71.7 Å². The summed E-state index contributed by atoms with van der Waals surface area (Å²) in [7, 11) is -4.02. The molecule has 1 aromatic rings. The molecule has 0 fully saturated rings. The van der Waals surface area contributed by atoms with Gasteiger partial charge < -0.3 is 15.3 Å². The number of carboxylic acid groups (broad SMARTS) is 2. The van der Waals surface area contributed by atoms with Crippen molar-refractivity contribution < 1.29 is 64.4 Å². The van der Waals surface area contributed by atoms with Gasteiger partial charge in [-0.3, -0.25) is 14.1 Å². The predicted octanol–water partition coefficient (Wildman–Crippen LogP) is 11.7. The van der Waals surface area contributed by atoms with Crippen LogP contribution >= 0.6 is 0 Å². The molecule has 0 spiro atoms. The van der Waals surface area contributed by atoms with Gasteiger partial charge in [0.05, 0.1) is 4.90 Å². The van der Waals surface area contributed by atoms with E-state index in [4.69, 9.17) is 26.9 Å². The molecule has 10 nitrogen and oxygen atoms in total. The van der Waals surface area contributed by atoms with Crippen LogP contribution in [0.1, 0.15) is 194 Å². The first-order chi connectivity index (χ1) is 25.8. The fraction of sp³-hybridized carbons (Fsp3) is 0.805. The van der Waals surface area contributed by atoms with Gasteiger partial charge in [-0.05, 0) is 38.8 Å². The number of unbranched alkanes of at least 4 members (excludes halogenated alkanes) is 18. The Morgan fingerprint density at radius 2 is 0.833 bits per heavy atom. The Morgan fingerprint density at radius 1 is 0.574 bits per heavy atom. The Balaban J connectivity index is -0.000000190. The molecule has 0 saturated carbocycles. The Kier molecular flexibility index (Phi) is 63.0. The van der Waals surface area contributed by atoms with E-state index in [9.17, 15) is 18.0 Å². The van der Waals surface area contributed by atoms with E-state index in [1.807, 2.05) is 6.92 Å². The monoisotopic (exact) mass is 933 g/mol. The van der Waals surface area contributed by atoms with Gasteiger partial charge in [-0.25, -0.2) is 0 Å². The van der Waals surface area contributed by atoms with Gasteiger partial charge in [0.25, 0.3) is 10.1 Å². The van der Waals surface area contributed by atoms with Gasteiger partial charge in [-0.1, -0.05) is 134 Å². The third-order valence-electron chi connectivity index (χ3n) is 7.72. The molecule has 0 aromatic heterocycles. The van der Waals surface area contributed by atoms with E-state index in [1.165, 1.54) is 128 Å². The number of hydrogen-bond donors (Lipinski definition) is 5. The zero-order valence-electron chi connectivity index (χ0n) is 35.1. The first kappa shape index (κ1) is 62.5. The van der Waals surface area contributed by atoms with E-state index in [0.29, 0.717) is 12.8 Å². The first-order valence-corrected chi connectivity index (χ1v) is 27.4. The van der Waals surface area contributed by atoms with Crippen molar-refractivity contribution in [2.45, 2.75) is 209 Å². The van der Waals surface area contributed by atoms with Crippen molar-refractivity contribution in [2.24, 2.45) is 0 Å². The van der Waals surface area contributed by atoms with E-state index in [0.717, 1.165) is 31.2 Å². The number of hydrogen-bond acceptors (Lipinski definition) is 6. The van der Waals surface area contributed by atoms with Gasteiger partial charge in [0.2, 0.25) is 0 Å². The van der Waals surface area contributed by atoms with Crippen molar-refractivity contribution in [2.75, 3.05) is 6.61 Å². The fourth-order valence-corrected chi connectivity index (χ4v) is 9.25. The quantitative estimate of drug-likeness (QED) is 0.0323. The minimum absolute atomic E-state index is 0.0666. The van der Waals surface area contributed by atoms with Gasteiger partial charge in [-0.2, -0.15) is 8.42 Å². The molecule has 0 unspecified atom stereocenters. The second kappa shape index (κ2) is 54.4. The fourth-order valence-electron chi connectivity index (χ4n) is 4.61. The number of carboxylic acids is 2. The zero-order valence-corrected chi connectivity index (χ0v) is 40.3. The topological polar surface area (TPSA) is 186 Å². The molecule has 0 amide bonds. The maximum atomic E-state index is 10.5. The van der Waals surface area contributed by atoms with Crippen molar-refractivity contribution in [3.8, 4) is 0 Å². The van der Waals surface area contributed by atoms with Crippen molar-refractivity contribution in [3.05, 3.63) is 29.8 Å². The number of aryl methyl sites for hydroxylation is 1. The van der Waals surface area contributed by atoms with Crippen LogP contribution in [0.2, 0.25) is 8.87 Å². The van der Waals surface area contributed by atoms with Crippen molar-refractivity contribution in [1.29, 1.82) is 0 Å². The molecule has 5 N–H and O–H groups in total. The molecule has 54 heavy (non-hydrogen) atoms. The van der Waals surface area contributed by atoms with E-state index >= 15 is 0 Å². The zero-order chi connectivity index (χ0) is 42.1. The summed E-state index contributed by atoms with van der Waals surface area (Å²) in [5.41, 5.74) is 0.956. The van der Waals surface area contributed by atoms with Crippen LogP contribution < -0.4 is 0 Å². The molecule has 0 heterocycles.